The van der Waals surface area contributed by atoms with E-state index in [0.29, 0.717) is 0 Å². The second-order valence-corrected chi connectivity index (χ2v) is 5.85. The van der Waals surface area contributed by atoms with Crippen LogP contribution >= 0.6 is 0 Å². The molecule has 0 unspecified atom stereocenters. The fourth-order valence-electron chi connectivity index (χ4n) is 2.22. The zero-order valence-electron chi connectivity index (χ0n) is 13.9. The first-order valence-electron chi connectivity index (χ1n) is 7.74. The van der Waals surface area contributed by atoms with Crippen molar-refractivity contribution >= 4 is 11.8 Å². The van der Waals surface area contributed by atoms with Gasteiger partial charge in [-0.25, -0.2) is 0 Å². The Morgan fingerprint density at radius 2 is 1.73 bits per heavy atom. The van der Waals surface area contributed by atoms with Crippen LogP contribution in [-0.2, 0) is 16.0 Å². The highest BCUT2D eigenvalue weighted by Crippen LogP contribution is 2.13. The van der Waals surface area contributed by atoms with E-state index in [9.17, 15) is 9.59 Å². The molecule has 0 aliphatic rings. The Labute approximate surface area is 132 Å². The first-order valence-corrected chi connectivity index (χ1v) is 7.74. The van der Waals surface area contributed by atoms with E-state index in [2.05, 4.69) is 24.4 Å². The van der Waals surface area contributed by atoms with Gasteiger partial charge in [-0.05, 0) is 38.3 Å². The minimum Gasteiger partial charge on any atom is -0.369 e. The van der Waals surface area contributed by atoms with Crippen molar-refractivity contribution in [2.24, 2.45) is 5.73 Å². The largest absolute Gasteiger partial charge is 0.369 e. The maximum absolute atomic E-state index is 12.1. The number of hydrogen-bond acceptors (Lipinski definition) is 3. The molecule has 1 aromatic rings. The first-order chi connectivity index (χ1) is 10.3. The third-order valence-corrected chi connectivity index (χ3v) is 3.70. The van der Waals surface area contributed by atoms with Crippen LogP contribution in [0, 0.1) is 0 Å². The van der Waals surface area contributed by atoms with E-state index in [1.165, 1.54) is 5.56 Å². The Kier molecular flexibility index (Phi) is 7.05. The fraction of sp³-hybridized carbons (Fsp3) is 0.529. The second kappa shape index (κ2) is 8.54. The summed E-state index contributed by atoms with van der Waals surface area (Å²) in [5.41, 5.74) is 7.55. The summed E-state index contributed by atoms with van der Waals surface area (Å²) < 4.78 is 0. The highest BCUT2D eigenvalue weighted by atomic mass is 16.2. The number of nitrogens with two attached hydrogens (primary N) is 1. The predicted molar refractivity (Wildman–Crippen MR) is 88.3 cm³/mol. The average molecular weight is 305 g/mol. The summed E-state index contributed by atoms with van der Waals surface area (Å²) in [6.07, 6.45) is 0.998. The van der Waals surface area contributed by atoms with Gasteiger partial charge in [-0.2, -0.15) is 0 Å². The van der Waals surface area contributed by atoms with Crippen LogP contribution in [0.4, 0.5) is 0 Å². The molecule has 0 aliphatic carbocycles. The number of nitrogens with zero attached hydrogens (tertiary/aromatic N) is 1. The third-order valence-electron chi connectivity index (χ3n) is 3.70. The lowest BCUT2D eigenvalue weighted by Crippen LogP contribution is -2.45. The summed E-state index contributed by atoms with van der Waals surface area (Å²) in [6.45, 7) is 8.18. The van der Waals surface area contributed by atoms with E-state index in [1.54, 1.807) is 4.90 Å². The maximum atomic E-state index is 12.1. The van der Waals surface area contributed by atoms with Crippen LogP contribution in [0.5, 0.6) is 0 Å². The zero-order chi connectivity index (χ0) is 16.7. The van der Waals surface area contributed by atoms with Gasteiger partial charge in [-0.1, -0.05) is 31.2 Å². The van der Waals surface area contributed by atoms with Crippen molar-refractivity contribution in [2.45, 2.75) is 46.2 Å². The van der Waals surface area contributed by atoms with Gasteiger partial charge in [-0.15, -0.1) is 0 Å². The van der Waals surface area contributed by atoms with Crippen molar-refractivity contribution in [1.29, 1.82) is 0 Å². The molecule has 0 radical (unpaired) electrons. The molecule has 0 saturated heterocycles. The molecule has 0 aliphatic heterocycles. The Bertz CT molecular complexity index is 497. The molecule has 0 aromatic heterocycles. The maximum Gasteiger partial charge on any atom is 0.234 e. The minimum atomic E-state index is -0.426. The lowest BCUT2D eigenvalue weighted by Gasteiger charge is -2.25. The van der Waals surface area contributed by atoms with E-state index in [1.807, 2.05) is 32.9 Å². The van der Waals surface area contributed by atoms with E-state index < -0.39 is 5.91 Å². The molecule has 5 nitrogen and oxygen atoms in total. The van der Waals surface area contributed by atoms with Gasteiger partial charge in [-0.3, -0.25) is 14.5 Å². The lowest BCUT2D eigenvalue weighted by atomic mass is 10.0. The number of carbonyl (C=O) groups excluding carboxylic acids is 2. The molecule has 5 heteroatoms. The quantitative estimate of drug-likeness (QED) is 0.766. The van der Waals surface area contributed by atoms with Crippen LogP contribution in [0.15, 0.2) is 24.3 Å². The van der Waals surface area contributed by atoms with Crippen molar-refractivity contribution in [3.63, 3.8) is 0 Å². The number of carbonyl (C=O) groups is 2. The predicted octanol–water partition coefficient (Wildman–Crippen LogP) is 1.62. The van der Waals surface area contributed by atoms with Gasteiger partial charge in [0.1, 0.15) is 0 Å². The van der Waals surface area contributed by atoms with Gasteiger partial charge in [0.05, 0.1) is 19.1 Å². The number of hydrogen-bond donors (Lipinski definition) is 2. The van der Waals surface area contributed by atoms with Gasteiger partial charge in [0, 0.05) is 6.04 Å². The molecule has 0 bridgehead atoms. The van der Waals surface area contributed by atoms with Crippen molar-refractivity contribution in [3.05, 3.63) is 35.4 Å². The smallest absolute Gasteiger partial charge is 0.234 e. The Morgan fingerprint density at radius 1 is 1.14 bits per heavy atom. The van der Waals surface area contributed by atoms with Crippen LogP contribution < -0.4 is 11.1 Å². The van der Waals surface area contributed by atoms with Gasteiger partial charge < -0.3 is 11.1 Å². The minimum absolute atomic E-state index is 0.0685. The van der Waals surface area contributed by atoms with E-state index in [-0.39, 0.29) is 31.1 Å². The Hall–Kier alpha value is -1.88. The highest BCUT2D eigenvalue weighted by Gasteiger charge is 2.17. The monoisotopic (exact) mass is 305 g/mol. The van der Waals surface area contributed by atoms with Gasteiger partial charge >= 0.3 is 0 Å². The molecule has 1 aromatic carbocycles. The van der Waals surface area contributed by atoms with Crippen LogP contribution in [0.1, 0.15) is 44.9 Å². The highest BCUT2D eigenvalue weighted by molar-refractivity contribution is 5.80. The average Bonchev–Trinajstić information content (AvgIpc) is 2.46. The number of aryl methyl sites for hydroxylation is 1. The number of nitrogens with one attached hydrogen (secondary N) is 1. The number of benzene rings is 1. The molecule has 0 fully saturated rings. The lowest BCUT2D eigenvalue weighted by molar-refractivity contribution is -0.125. The third kappa shape index (κ3) is 5.85. The van der Waals surface area contributed by atoms with Crippen molar-refractivity contribution in [1.82, 2.24) is 10.2 Å². The number of primary amides is 1. The molecule has 22 heavy (non-hydrogen) atoms. The summed E-state index contributed by atoms with van der Waals surface area (Å²) in [7, 11) is 0. The number of amides is 2. The molecular weight excluding hydrogens is 278 g/mol. The van der Waals surface area contributed by atoms with Crippen LogP contribution in [0.2, 0.25) is 0 Å². The van der Waals surface area contributed by atoms with E-state index >= 15 is 0 Å². The standard InChI is InChI=1S/C17H27N3O2/c1-5-14-6-8-15(9-7-14)13(4)19-17(22)11-20(12(2)3)10-16(18)21/h6-9,12-13H,5,10-11H2,1-4H3,(H2,18,21)(H,19,22)/t13-/m1/s1. The molecule has 0 spiro atoms. The summed E-state index contributed by atoms with van der Waals surface area (Å²) in [5.74, 6) is -0.535. The topological polar surface area (TPSA) is 75.4 Å². The van der Waals surface area contributed by atoms with Gasteiger partial charge in [0.2, 0.25) is 11.8 Å². The molecule has 3 N–H and O–H groups in total. The van der Waals surface area contributed by atoms with Gasteiger partial charge in [0.15, 0.2) is 0 Å². The summed E-state index contributed by atoms with van der Waals surface area (Å²) in [4.78, 5) is 24.9. The van der Waals surface area contributed by atoms with Crippen LogP contribution in [0.25, 0.3) is 0 Å². The molecule has 122 valence electrons. The SMILES string of the molecule is CCc1ccc([C@@H](C)NC(=O)CN(CC(N)=O)C(C)C)cc1. The summed E-state index contributed by atoms with van der Waals surface area (Å²) >= 11 is 0. The first kappa shape index (κ1) is 18.2. The second-order valence-electron chi connectivity index (χ2n) is 5.85. The molecule has 2 amide bonds. The van der Waals surface area contributed by atoms with E-state index in [4.69, 9.17) is 5.73 Å². The molecule has 0 saturated carbocycles. The molecule has 0 heterocycles. The molecule has 1 rings (SSSR count). The molecule has 1 atom stereocenters. The normalized spacial score (nSPS) is 12.5. The Morgan fingerprint density at radius 3 is 2.18 bits per heavy atom. The van der Waals surface area contributed by atoms with Crippen LogP contribution in [0.3, 0.4) is 0 Å². The van der Waals surface area contributed by atoms with E-state index in [0.717, 1.165) is 12.0 Å². The Balaban J connectivity index is 2.60. The molecular formula is C17H27N3O2. The zero-order valence-corrected chi connectivity index (χ0v) is 13.9. The van der Waals surface area contributed by atoms with Crippen LogP contribution in [-0.4, -0.2) is 35.8 Å². The van der Waals surface area contributed by atoms with Crippen molar-refractivity contribution in [3.8, 4) is 0 Å². The van der Waals surface area contributed by atoms with Crippen molar-refractivity contribution < 1.29 is 9.59 Å². The fourth-order valence-corrected chi connectivity index (χ4v) is 2.22. The number of rotatable bonds is 8. The summed E-state index contributed by atoms with van der Waals surface area (Å²) in [5, 5.41) is 2.96. The summed E-state index contributed by atoms with van der Waals surface area (Å²) in [6, 6.07) is 8.23. The van der Waals surface area contributed by atoms with Gasteiger partial charge in [0.25, 0.3) is 0 Å². The van der Waals surface area contributed by atoms with Crippen molar-refractivity contribution in [2.75, 3.05) is 13.1 Å².